The van der Waals surface area contributed by atoms with Crippen LogP contribution >= 0.6 is 0 Å². The predicted molar refractivity (Wildman–Crippen MR) is 115 cm³/mol. The Labute approximate surface area is 177 Å². The highest BCUT2D eigenvalue weighted by molar-refractivity contribution is 5.95. The van der Waals surface area contributed by atoms with Crippen LogP contribution in [0.1, 0.15) is 41.7 Å². The zero-order valence-corrected chi connectivity index (χ0v) is 17.2. The van der Waals surface area contributed by atoms with Crippen molar-refractivity contribution in [1.29, 1.82) is 0 Å². The van der Waals surface area contributed by atoms with Crippen molar-refractivity contribution in [2.75, 3.05) is 19.7 Å². The molecular formula is C24H27N3O3. The number of rotatable bonds is 7. The van der Waals surface area contributed by atoms with E-state index in [-0.39, 0.29) is 5.91 Å². The van der Waals surface area contributed by atoms with Gasteiger partial charge in [0.2, 0.25) is 0 Å². The molecule has 0 N–H and O–H groups in total. The number of benzene rings is 1. The van der Waals surface area contributed by atoms with Crippen molar-refractivity contribution in [3.63, 3.8) is 0 Å². The molecule has 1 amide bonds. The fraction of sp³-hybridized carbons (Fsp3) is 0.333. The Morgan fingerprint density at radius 3 is 2.57 bits per heavy atom. The highest BCUT2D eigenvalue weighted by Gasteiger charge is 2.25. The summed E-state index contributed by atoms with van der Waals surface area (Å²) in [6, 6.07) is 13.8. The summed E-state index contributed by atoms with van der Waals surface area (Å²) in [4.78, 5) is 19.1. The highest BCUT2D eigenvalue weighted by Crippen LogP contribution is 2.31. The molecule has 156 valence electrons. The lowest BCUT2D eigenvalue weighted by Crippen LogP contribution is -2.38. The summed E-state index contributed by atoms with van der Waals surface area (Å²) in [5, 5.41) is 0. The Balaban J connectivity index is 1.42. The zero-order valence-electron chi connectivity index (χ0n) is 17.2. The van der Waals surface area contributed by atoms with E-state index in [1.165, 1.54) is 0 Å². The second-order valence-electron chi connectivity index (χ2n) is 7.40. The third-order valence-corrected chi connectivity index (χ3v) is 5.41. The van der Waals surface area contributed by atoms with Crippen LogP contribution in [0.15, 0.2) is 67.3 Å². The number of aromatic nitrogens is 2. The largest absolute Gasteiger partial charge is 0.490 e. The van der Waals surface area contributed by atoms with Crippen LogP contribution in [0.25, 0.3) is 0 Å². The average molecular weight is 405 g/mol. The highest BCUT2D eigenvalue weighted by atomic mass is 16.5. The van der Waals surface area contributed by atoms with Crippen molar-refractivity contribution in [3.8, 4) is 11.5 Å². The van der Waals surface area contributed by atoms with Gasteiger partial charge in [0.25, 0.3) is 5.91 Å². The summed E-state index contributed by atoms with van der Waals surface area (Å²) in [7, 11) is 0. The number of ether oxygens (including phenoxy) is 2. The maximum atomic E-state index is 13.1. The van der Waals surface area contributed by atoms with Crippen LogP contribution < -0.4 is 9.47 Å². The molecule has 0 unspecified atom stereocenters. The van der Waals surface area contributed by atoms with Gasteiger partial charge >= 0.3 is 0 Å². The van der Waals surface area contributed by atoms with Gasteiger partial charge in [0.1, 0.15) is 6.61 Å². The van der Waals surface area contributed by atoms with Gasteiger partial charge < -0.3 is 18.9 Å². The first-order chi connectivity index (χ1) is 14.7. The molecule has 3 aromatic rings. The quantitative estimate of drug-likeness (QED) is 0.587. The molecule has 3 heterocycles. The lowest BCUT2D eigenvalue weighted by Gasteiger charge is -2.33. The lowest BCUT2D eigenvalue weighted by molar-refractivity contribution is 0.0694. The Kier molecular flexibility index (Phi) is 6.32. The van der Waals surface area contributed by atoms with E-state index in [1.807, 2.05) is 48.2 Å². The Morgan fingerprint density at radius 2 is 1.87 bits per heavy atom. The summed E-state index contributed by atoms with van der Waals surface area (Å²) in [5.41, 5.74) is 1.61. The first kappa shape index (κ1) is 20.0. The van der Waals surface area contributed by atoms with Crippen LogP contribution in [0.2, 0.25) is 0 Å². The molecule has 0 radical (unpaired) electrons. The number of amides is 1. The van der Waals surface area contributed by atoms with Crippen LogP contribution in [0, 0.1) is 0 Å². The molecule has 1 aliphatic heterocycles. The molecule has 0 bridgehead atoms. The number of nitrogens with zero attached hydrogens (tertiary/aromatic N) is 3. The summed E-state index contributed by atoms with van der Waals surface area (Å²) in [6.45, 7) is 4.33. The molecule has 1 saturated heterocycles. The Hall–Kier alpha value is -3.28. The molecule has 2 aromatic heterocycles. The second-order valence-corrected chi connectivity index (χ2v) is 7.40. The maximum absolute atomic E-state index is 13.1. The third-order valence-electron chi connectivity index (χ3n) is 5.41. The first-order valence-electron chi connectivity index (χ1n) is 10.4. The van der Waals surface area contributed by atoms with Gasteiger partial charge in [-0.3, -0.25) is 9.78 Å². The fourth-order valence-electron chi connectivity index (χ4n) is 3.81. The molecule has 6 nitrogen and oxygen atoms in total. The SMILES string of the molecule is CCOc1cc(C(=O)N2CCC(n3cccc3)CC2)ccc1OCc1cccnc1. The van der Waals surface area contributed by atoms with Crippen LogP contribution in [-0.4, -0.2) is 40.1 Å². The van der Waals surface area contributed by atoms with E-state index >= 15 is 0 Å². The Bertz CT molecular complexity index is 949. The van der Waals surface area contributed by atoms with Gasteiger partial charge in [0.15, 0.2) is 11.5 Å². The average Bonchev–Trinajstić information content (AvgIpc) is 3.34. The molecule has 30 heavy (non-hydrogen) atoms. The molecule has 1 aromatic carbocycles. The van der Waals surface area contributed by atoms with Crippen LogP contribution in [-0.2, 0) is 6.61 Å². The van der Waals surface area contributed by atoms with Gasteiger partial charge in [0, 0.05) is 55.0 Å². The molecule has 0 atom stereocenters. The van der Waals surface area contributed by atoms with Gasteiger partial charge in [-0.1, -0.05) is 6.07 Å². The molecular weight excluding hydrogens is 378 g/mol. The van der Waals surface area contributed by atoms with E-state index in [0.717, 1.165) is 31.5 Å². The van der Waals surface area contributed by atoms with E-state index in [2.05, 4.69) is 21.9 Å². The topological polar surface area (TPSA) is 56.6 Å². The van der Waals surface area contributed by atoms with Crippen molar-refractivity contribution in [1.82, 2.24) is 14.5 Å². The molecule has 0 saturated carbocycles. The van der Waals surface area contributed by atoms with Crippen LogP contribution in [0.4, 0.5) is 0 Å². The predicted octanol–water partition coefficient (Wildman–Crippen LogP) is 4.34. The minimum Gasteiger partial charge on any atom is -0.490 e. The first-order valence-corrected chi connectivity index (χ1v) is 10.4. The summed E-state index contributed by atoms with van der Waals surface area (Å²) >= 11 is 0. The minimum absolute atomic E-state index is 0.0423. The molecule has 0 aliphatic carbocycles. The fourth-order valence-corrected chi connectivity index (χ4v) is 3.81. The summed E-state index contributed by atoms with van der Waals surface area (Å²) in [5.74, 6) is 1.26. The number of carbonyl (C=O) groups excluding carboxylic acids is 1. The number of carbonyl (C=O) groups is 1. The van der Waals surface area contributed by atoms with Gasteiger partial charge in [-0.15, -0.1) is 0 Å². The monoisotopic (exact) mass is 405 g/mol. The summed E-state index contributed by atoms with van der Waals surface area (Å²) in [6.07, 6.45) is 9.63. The van der Waals surface area contributed by atoms with E-state index < -0.39 is 0 Å². The van der Waals surface area contributed by atoms with E-state index in [1.54, 1.807) is 18.5 Å². The number of likely N-dealkylation sites (tertiary alicyclic amines) is 1. The molecule has 0 spiro atoms. The maximum Gasteiger partial charge on any atom is 0.253 e. The van der Waals surface area contributed by atoms with E-state index in [9.17, 15) is 4.79 Å². The third kappa shape index (κ3) is 4.64. The van der Waals surface area contributed by atoms with E-state index in [4.69, 9.17) is 9.47 Å². The number of hydrogen-bond acceptors (Lipinski definition) is 4. The van der Waals surface area contributed by atoms with Crippen LogP contribution in [0.3, 0.4) is 0 Å². The standard InChI is InChI=1S/C24H27N3O3/c1-2-29-23-16-20(7-8-22(23)30-18-19-6-5-11-25-17-19)24(28)27-14-9-21(10-15-27)26-12-3-4-13-26/h3-8,11-13,16-17,21H,2,9-10,14-15,18H2,1H3. The normalized spacial score (nSPS) is 14.5. The van der Waals surface area contributed by atoms with E-state index in [0.29, 0.717) is 36.3 Å². The summed E-state index contributed by atoms with van der Waals surface area (Å²) < 4.78 is 13.9. The van der Waals surface area contributed by atoms with Gasteiger partial charge in [0.05, 0.1) is 6.61 Å². The Morgan fingerprint density at radius 1 is 1.07 bits per heavy atom. The molecule has 1 aliphatic rings. The van der Waals surface area contributed by atoms with Crippen molar-refractivity contribution in [2.45, 2.75) is 32.4 Å². The number of pyridine rings is 1. The van der Waals surface area contributed by atoms with Crippen molar-refractivity contribution in [3.05, 3.63) is 78.4 Å². The zero-order chi connectivity index (χ0) is 20.8. The number of piperidine rings is 1. The van der Waals surface area contributed by atoms with Crippen molar-refractivity contribution in [2.24, 2.45) is 0 Å². The lowest BCUT2D eigenvalue weighted by atomic mass is 10.0. The van der Waals surface area contributed by atoms with Gasteiger partial charge in [-0.2, -0.15) is 0 Å². The van der Waals surface area contributed by atoms with Crippen LogP contribution in [0.5, 0.6) is 11.5 Å². The molecule has 6 heteroatoms. The molecule has 4 rings (SSSR count). The van der Waals surface area contributed by atoms with Crippen molar-refractivity contribution >= 4 is 5.91 Å². The smallest absolute Gasteiger partial charge is 0.253 e. The second kappa shape index (κ2) is 9.48. The van der Waals surface area contributed by atoms with Gasteiger partial charge in [-0.05, 0) is 56.2 Å². The number of hydrogen-bond donors (Lipinski definition) is 0. The van der Waals surface area contributed by atoms with Gasteiger partial charge in [-0.25, -0.2) is 0 Å². The molecule has 1 fully saturated rings. The minimum atomic E-state index is 0.0423. The van der Waals surface area contributed by atoms with Crippen molar-refractivity contribution < 1.29 is 14.3 Å².